The van der Waals surface area contributed by atoms with Crippen molar-refractivity contribution < 1.29 is 24.1 Å². The first-order chi connectivity index (χ1) is 18.9. The van der Waals surface area contributed by atoms with Crippen LogP contribution in [-0.2, 0) is 22.4 Å². The van der Waals surface area contributed by atoms with E-state index in [1.54, 1.807) is 7.11 Å². The van der Waals surface area contributed by atoms with Crippen LogP contribution in [0, 0.1) is 0 Å². The van der Waals surface area contributed by atoms with E-state index in [0.29, 0.717) is 44.1 Å². The van der Waals surface area contributed by atoms with Gasteiger partial charge in [-0.25, -0.2) is 10.4 Å². The van der Waals surface area contributed by atoms with E-state index in [0.717, 1.165) is 26.9 Å². The van der Waals surface area contributed by atoms with Crippen LogP contribution in [0.15, 0.2) is 82.3 Å². The van der Waals surface area contributed by atoms with Crippen molar-refractivity contribution in [3.8, 4) is 11.5 Å². The third-order valence-electron chi connectivity index (χ3n) is 6.63. The molecule has 1 aliphatic heterocycles. The molecule has 0 fully saturated rings. The number of nitrogens with one attached hydrogen (secondary N) is 2. The number of aliphatic hydroxyl groups is 1. The highest BCUT2D eigenvalue weighted by Gasteiger charge is 2.50. The summed E-state index contributed by atoms with van der Waals surface area (Å²) in [5, 5.41) is 8.95. The molecule has 2 atom stereocenters. The highest BCUT2D eigenvalue weighted by Crippen LogP contribution is 2.33. The van der Waals surface area contributed by atoms with Crippen LogP contribution in [0.25, 0.3) is 0 Å². The lowest BCUT2D eigenvalue weighted by Gasteiger charge is -2.28. The van der Waals surface area contributed by atoms with Crippen molar-refractivity contribution in [1.29, 1.82) is 0 Å². The fourth-order valence-corrected chi connectivity index (χ4v) is 4.68. The molecule has 9 heteroatoms. The van der Waals surface area contributed by atoms with Gasteiger partial charge < -0.3 is 19.3 Å². The number of hydrogen-bond donors (Lipinski definition) is 3. The number of aliphatic hydroxyl groups excluding tert-OH is 1. The predicted octanol–water partition coefficient (Wildman–Crippen LogP) is 4.23. The molecule has 8 nitrogen and oxygen atoms in total. The van der Waals surface area contributed by atoms with E-state index in [2.05, 4.69) is 26.8 Å². The average molecular weight is 597 g/mol. The topological polar surface area (TPSA) is 101 Å². The molecule has 0 saturated heterocycles. The Kier molecular flexibility index (Phi) is 9.97. The maximum absolute atomic E-state index is 13.7. The van der Waals surface area contributed by atoms with E-state index >= 15 is 0 Å². The Hall–Kier alpha value is -3.40. The van der Waals surface area contributed by atoms with Gasteiger partial charge in [-0.05, 0) is 66.9 Å². The number of amides is 1. The maximum atomic E-state index is 13.7. The van der Waals surface area contributed by atoms with Gasteiger partial charge in [-0.3, -0.25) is 10.2 Å². The van der Waals surface area contributed by atoms with Crippen LogP contribution in [0.2, 0.25) is 0 Å². The number of aliphatic imine (C=N–C) groups is 1. The van der Waals surface area contributed by atoms with Crippen molar-refractivity contribution >= 4 is 27.7 Å². The number of hydrogen-bond acceptors (Lipinski definition) is 7. The molecule has 0 saturated carbocycles. The summed E-state index contributed by atoms with van der Waals surface area (Å²) in [4.78, 5) is 18.6. The van der Waals surface area contributed by atoms with Crippen molar-refractivity contribution in [2.45, 2.75) is 37.8 Å². The first-order valence-electron chi connectivity index (χ1n) is 13.0. The summed E-state index contributed by atoms with van der Waals surface area (Å²) in [6.07, 6.45) is 1.10. The van der Waals surface area contributed by atoms with E-state index < -0.39 is 11.6 Å². The number of benzene rings is 3. The lowest BCUT2D eigenvalue weighted by Crippen LogP contribution is -2.56. The van der Waals surface area contributed by atoms with E-state index in [-0.39, 0.29) is 12.5 Å². The Morgan fingerprint density at radius 2 is 1.85 bits per heavy atom. The third-order valence-corrected chi connectivity index (χ3v) is 7.16. The van der Waals surface area contributed by atoms with Crippen molar-refractivity contribution in [2.24, 2.45) is 4.99 Å². The number of hydrazine groups is 1. The number of para-hydroxylation sites is 1. The number of carbonyl (C=O) groups is 1. The van der Waals surface area contributed by atoms with Gasteiger partial charge in [-0.2, -0.15) is 0 Å². The van der Waals surface area contributed by atoms with Crippen LogP contribution in [0.1, 0.15) is 30.0 Å². The molecule has 3 aromatic rings. The lowest BCUT2D eigenvalue weighted by atomic mass is 9.86. The average Bonchev–Trinajstić information content (AvgIpc) is 3.29. The molecule has 3 aromatic carbocycles. The molecule has 3 N–H and O–H groups in total. The summed E-state index contributed by atoms with van der Waals surface area (Å²) in [5.41, 5.74) is 7.55. The summed E-state index contributed by atoms with van der Waals surface area (Å²) in [5.74, 6) is 1.65. The van der Waals surface area contributed by atoms with Gasteiger partial charge in [0.2, 0.25) is 5.90 Å². The smallest absolute Gasteiger partial charge is 0.266 e. The minimum Gasteiger partial charge on any atom is -0.496 e. The first-order valence-corrected chi connectivity index (χ1v) is 13.7. The molecule has 0 unspecified atom stereocenters. The van der Waals surface area contributed by atoms with Crippen LogP contribution in [0.3, 0.4) is 0 Å². The van der Waals surface area contributed by atoms with Crippen molar-refractivity contribution in [1.82, 2.24) is 10.9 Å². The zero-order valence-electron chi connectivity index (χ0n) is 22.2. The van der Waals surface area contributed by atoms with Crippen LogP contribution < -0.4 is 20.3 Å². The zero-order chi connectivity index (χ0) is 27.7. The quantitative estimate of drug-likeness (QED) is 0.202. The first kappa shape index (κ1) is 28.6. The van der Waals surface area contributed by atoms with Crippen molar-refractivity contribution in [3.05, 3.63) is 94.0 Å². The summed E-state index contributed by atoms with van der Waals surface area (Å²) in [6.45, 7) is 2.91. The van der Waals surface area contributed by atoms with E-state index in [4.69, 9.17) is 24.3 Å². The Labute approximate surface area is 237 Å². The molecular formula is C30H34BrN3O5. The molecule has 0 aliphatic carbocycles. The van der Waals surface area contributed by atoms with Crippen molar-refractivity contribution in [2.75, 3.05) is 26.9 Å². The van der Waals surface area contributed by atoms with E-state index in [1.807, 2.05) is 79.7 Å². The van der Waals surface area contributed by atoms with Gasteiger partial charge in [-0.1, -0.05) is 46.3 Å². The molecule has 39 heavy (non-hydrogen) atoms. The molecule has 0 spiro atoms. The van der Waals surface area contributed by atoms with Crippen LogP contribution in [0.4, 0.5) is 0 Å². The Morgan fingerprint density at radius 3 is 2.56 bits per heavy atom. The Morgan fingerprint density at radius 1 is 1.10 bits per heavy atom. The molecule has 4 rings (SSSR count). The monoisotopic (exact) mass is 595 g/mol. The second-order valence-electron chi connectivity index (χ2n) is 9.30. The molecule has 1 amide bonds. The van der Waals surface area contributed by atoms with Gasteiger partial charge in [0.1, 0.15) is 17.6 Å². The highest BCUT2D eigenvalue weighted by atomic mass is 79.9. The molecule has 1 aliphatic rings. The van der Waals surface area contributed by atoms with Crippen molar-refractivity contribution in [3.63, 3.8) is 0 Å². The Balaban J connectivity index is 1.51. The number of carbonyl (C=O) groups excluding carboxylic acids is 1. The normalized spacial score (nSPS) is 18.3. The number of halogens is 1. The number of nitrogens with zero attached hydrogens (tertiary/aromatic N) is 1. The highest BCUT2D eigenvalue weighted by molar-refractivity contribution is 9.10. The predicted molar refractivity (Wildman–Crippen MR) is 154 cm³/mol. The maximum Gasteiger partial charge on any atom is 0.266 e. The molecule has 1 heterocycles. The summed E-state index contributed by atoms with van der Waals surface area (Å²) < 4.78 is 18.2. The molecular weight excluding hydrogens is 562 g/mol. The van der Waals surface area contributed by atoms with Gasteiger partial charge in [0, 0.05) is 36.0 Å². The SMILES string of the molecule is COc1ccccc1CCNNC(=O)[C@@]1(Cc2ccc(Br)cc2)N=C(c2ccc(OCCCO)cc2)O[C@H]1C. The van der Waals surface area contributed by atoms with Gasteiger partial charge in [0.15, 0.2) is 5.54 Å². The van der Waals surface area contributed by atoms with Gasteiger partial charge in [0.05, 0.1) is 13.7 Å². The minimum absolute atomic E-state index is 0.0818. The number of ether oxygens (including phenoxy) is 3. The molecule has 0 bridgehead atoms. The molecule has 0 radical (unpaired) electrons. The minimum atomic E-state index is -1.17. The molecule has 0 aromatic heterocycles. The summed E-state index contributed by atoms with van der Waals surface area (Å²) in [6, 6.07) is 23.1. The zero-order valence-corrected chi connectivity index (χ0v) is 23.7. The fraction of sp³-hybridized carbons (Fsp3) is 0.333. The second-order valence-corrected chi connectivity index (χ2v) is 10.2. The Bertz CT molecular complexity index is 1270. The van der Waals surface area contributed by atoms with E-state index in [1.165, 1.54) is 0 Å². The lowest BCUT2D eigenvalue weighted by molar-refractivity contribution is -0.129. The number of rotatable bonds is 13. The van der Waals surface area contributed by atoms with E-state index in [9.17, 15) is 4.79 Å². The van der Waals surface area contributed by atoms with Crippen LogP contribution in [-0.4, -0.2) is 55.4 Å². The van der Waals surface area contributed by atoms with Crippen LogP contribution >= 0.6 is 15.9 Å². The van der Waals surface area contributed by atoms with Gasteiger partial charge >= 0.3 is 0 Å². The fourth-order valence-electron chi connectivity index (χ4n) is 4.41. The largest absolute Gasteiger partial charge is 0.496 e. The molecule has 206 valence electrons. The third kappa shape index (κ3) is 7.17. The second kappa shape index (κ2) is 13.6. The van der Waals surface area contributed by atoms with Gasteiger partial charge in [-0.15, -0.1) is 0 Å². The van der Waals surface area contributed by atoms with Gasteiger partial charge in [0.25, 0.3) is 5.91 Å². The summed E-state index contributed by atoms with van der Waals surface area (Å²) in [7, 11) is 1.65. The standard InChI is InChI=1S/C30H34BrN3O5/c1-21-30(20-22-8-12-25(31)13-9-22,29(36)34-32-17-16-23-6-3-4-7-27(23)37-2)33-28(39-21)24-10-14-26(15-11-24)38-19-5-18-35/h3-4,6-15,21,32,35H,5,16-20H2,1-2H3,(H,34,36)/t21-,30-/m0/s1. The van der Waals surface area contributed by atoms with Crippen LogP contribution in [0.5, 0.6) is 11.5 Å². The number of methoxy groups -OCH3 is 1. The summed E-state index contributed by atoms with van der Waals surface area (Å²) >= 11 is 3.48.